The first-order valence-corrected chi connectivity index (χ1v) is 4.70. The van der Waals surface area contributed by atoms with Crippen LogP contribution in [0.3, 0.4) is 0 Å². The van der Waals surface area contributed by atoms with Crippen LogP contribution in [0.1, 0.15) is 0 Å². The molecule has 0 fully saturated rings. The minimum atomic E-state index is -0.679. The van der Waals surface area contributed by atoms with Gasteiger partial charge >= 0.3 is 0 Å². The number of aromatic nitrogens is 1. The van der Waals surface area contributed by atoms with E-state index in [-0.39, 0.29) is 12.5 Å². The second kappa shape index (κ2) is 5.65. The fourth-order valence-electron chi connectivity index (χ4n) is 0.993. The maximum absolute atomic E-state index is 11.5. The van der Waals surface area contributed by atoms with Crippen molar-refractivity contribution in [3.05, 3.63) is 23.5 Å². The van der Waals surface area contributed by atoms with Crippen molar-refractivity contribution in [2.45, 2.75) is 6.10 Å². The third kappa shape index (κ3) is 3.16. The van der Waals surface area contributed by atoms with Crippen molar-refractivity contribution < 1.29 is 9.53 Å². The lowest BCUT2D eigenvalue weighted by Crippen LogP contribution is -2.36. The molecule has 0 spiro atoms. The van der Waals surface area contributed by atoms with E-state index in [1.807, 2.05) is 0 Å². The van der Waals surface area contributed by atoms with E-state index in [0.29, 0.717) is 10.7 Å². The number of nitrogens with zero attached hydrogens (tertiary/aromatic N) is 1. The van der Waals surface area contributed by atoms with Crippen molar-refractivity contribution in [2.75, 3.05) is 19.0 Å². The van der Waals surface area contributed by atoms with Gasteiger partial charge in [0, 0.05) is 19.9 Å². The van der Waals surface area contributed by atoms with Gasteiger partial charge in [0.15, 0.2) is 0 Å². The van der Waals surface area contributed by atoms with Crippen LogP contribution in [0.25, 0.3) is 0 Å². The molecule has 0 aliphatic heterocycles. The summed E-state index contributed by atoms with van der Waals surface area (Å²) in [6, 6.07) is 1.58. The number of methoxy groups -OCH3 is 1. The first kappa shape index (κ1) is 11.9. The molecular formula is C9H12ClN3O2. The maximum Gasteiger partial charge on any atom is 0.254 e. The Bertz CT molecular complexity index is 342. The molecule has 5 nitrogen and oxygen atoms in total. The van der Waals surface area contributed by atoms with E-state index in [2.05, 4.69) is 10.3 Å². The minimum absolute atomic E-state index is 0.111. The summed E-state index contributed by atoms with van der Waals surface area (Å²) in [4.78, 5) is 15.4. The van der Waals surface area contributed by atoms with Crippen LogP contribution >= 0.6 is 11.6 Å². The molecule has 15 heavy (non-hydrogen) atoms. The standard InChI is InChI=1S/C9H12ClN3O2/c1-15-8(4-11)9(14)13-7-5-12-3-2-6(7)10/h2-3,5,8H,4,11H2,1H3,(H,13,14). The fraction of sp³-hybridized carbons (Fsp3) is 0.333. The molecule has 1 aromatic heterocycles. The van der Waals surface area contributed by atoms with E-state index in [1.165, 1.54) is 19.5 Å². The average molecular weight is 230 g/mol. The van der Waals surface area contributed by atoms with Crippen molar-refractivity contribution in [3.8, 4) is 0 Å². The molecule has 0 aliphatic rings. The highest BCUT2D eigenvalue weighted by atomic mass is 35.5. The van der Waals surface area contributed by atoms with Gasteiger partial charge < -0.3 is 15.8 Å². The Kier molecular flexibility index (Phi) is 4.48. The zero-order chi connectivity index (χ0) is 11.3. The van der Waals surface area contributed by atoms with Crippen LogP contribution in [0.2, 0.25) is 5.02 Å². The lowest BCUT2D eigenvalue weighted by molar-refractivity contribution is -0.125. The number of hydrogen-bond acceptors (Lipinski definition) is 4. The van der Waals surface area contributed by atoms with Crippen molar-refractivity contribution in [3.63, 3.8) is 0 Å². The first-order chi connectivity index (χ1) is 7.19. The summed E-state index contributed by atoms with van der Waals surface area (Å²) in [5, 5.41) is 3.00. The third-order valence-corrected chi connectivity index (χ3v) is 2.15. The van der Waals surface area contributed by atoms with E-state index < -0.39 is 6.10 Å². The lowest BCUT2D eigenvalue weighted by atomic mass is 10.3. The number of ether oxygens (including phenoxy) is 1. The Balaban J connectivity index is 2.70. The van der Waals surface area contributed by atoms with Crippen molar-refractivity contribution in [1.82, 2.24) is 4.98 Å². The van der Waals surface area contributed by atoms with Crippen molar-refractivity contribution in [2.24, 2.45) is 5.73 Å². The average Bonchev–Trinajstić information content (AvgIpc) is 2.23. The van der Waals surface area contributed by atoms with E-state index in [0.717, 1.165) is 0 Å². The smallest absolute Gasteiger partial charge is 0.254 e. The van der Waals surface area contributed by atoms with Crippen molar-refractivity contribution in [1.29, 1.82) is 0 Å². The molecule has 1 unspecified atom stereocenters. The van der Waals surface area contributed by atoms with E-state index >= 15 is 0 Å². The van der Waals surface area contributed by atoms with Gasteiger partial charge in [0.25, 0.3) is 5.91 Å². The van der Waals surface area contributed by atoms with Gasteiger partial charge in [-0.1, -0.05) is 11.6 Å². The SMILES string of the molecule is COC(CN)C(=O)Nc1cnccc1Cl. The minimum Gasteiger partial charge on any atom is -0.370 e. The summed E-state index contributed by atoms with van der Waals surface area (Å²) in [5.41, 5.74) is 5.79. The highest BCUT2D eigenvalue weighted by Gasteiger charge is 2.16. The molecule has 1 amide bonds. The van der Waals surface area contributed by atoms with Crippen LogP contribution < -0.4 is 11.1 Å². The molecule has 1 heterocycles. The second-order valence-corrected chi connectivity index (χ2v) is 3.21. The van der Waals surface area contributed by atoms with Crippen LogP contribution in [0.5, 0.6) is 0 Å². The zero-order valence-corrected chi connectivity index (χ0v) is 8.99. The van der Waals surface area contributed by atoms with Gasteiger partial charge in [-0.3, -0.25) is 9.78 Å². The number of halogens is 1. The molecule has 0 saturated heterocycles. The monoisotopic (exact) mass is 229 g/mol. The Morgan fingerprint density at radius 1 is 1.80 bits per heavy atom. The quantitative estimate of drug-likeness (QED) is 0.795. The summed E-state index contributed by atoms with van der Waals surface area (Å²) in [6.07, 6.45) is 2.32. The number of amides is 1. The summed E-state index contributed by atoms with van der Waals surface area (Å²) in [7, 11) is 1.42. The molecule has 0 saturated carbocycles. The van der Waals surface area contributed by atoms with Crippen LogP contribution in [0.4, 0.5) is 5.69 Å². The van der Waals surface area contributed by atoms with Crippen LogP contribution in [0.15, 0.2) is 18.5 Å². The number of pyridine rings is 1. The molecule has 0 bridgehead atoms. The van der Waals surface area contributed by atoms with Crippen LogP contribution in [-0.4, -0.2) is 30.6 Å². The third-order valence-electron chi connectivity index (χ3n) is 1.82. The Labute approximate surface area is 92.6 Å². The molecule has 6 heteroatoms. The van der Waals surface area contributed by atoms with Crippen molar-refractivity contribution >= 4 is 23.2 Å². The van der Waals surface area contributed by atoms with Gasteiger partial charge in [0.2, 0.25) is 0 Å². The normalized spacial score (nSPS) is 12.2. The van der Waals surface area contributed by atoms with Gasteiger partial charge in [-0.05, 0) is 6.07 Å². The number of nitrogens with two attached hydrogens (primary N) is 1. The van der Waals surface area contributed by atoms with E-state index in [4.69, 9.17) is 22.1 Å². The summed E-state index contributed by atoms with van der Waals surface area (Å²) < 4.78 is 4.87. The van der Waals surface area contributed by atoms with Gasteiger partial charge in [0.05, 0.1) is 16.9 Å². The number of anilines is 1. The molecule has 3 N–H and O–H groups in total. The Morgan fingerprint density at radius 3 is 3.07 bits per heavy atom. The maximum atomic E-state index is 11.5. The van der Waals surface area contributed by atoms with Gasteiger partial charge in [-0.2, -0.15) is 0 Å². The molecule has 1 atom stereocenters. The number of nitrogens with one attached hydrogen (secondary N) is 1. The lowest BCUT2D eigenvalue weighted by Gasteiger charge is -2.13. The summed E-state index contributed by atoms with van der Waals surface area (Å²) >= 11 is 5.83. The van der Waals surface area contributed by atoms with Gasteiger partial charge in [-0.25, -0.2) is 0 Å². The number of rotatable bonds is 4. The summed E-state index contributed by atoms with van der Waals surface area (Å²) in [5.74, 6) is -0.338. The molecule has 82 valence electrons. The fourth-order valence-corrected chi connectivity index (χ4v) is 1.15. The van der Waals surface area contributed by atoms with Gasteiger partial charge in [0.1, 0.15) is 6.10 Å². The Morgan fingerprint density at radius 2 is 2.53 bits per heavy atom. The molecule has 0 radical (unpaired) electrons. The molecule has 1 rings (SSSR count). The topological polar surface area (TPSA) is 77.2 Å². The van der Waals surface area contributed by atoms with E-state index in [1.54, 1.807) is 6.07 Å². The second-order valence-electron chi connectivity index (χ2n) is 2.80. The molecule has 1 aromatic rings. The zero-order valence-electron chi connectivity index (χ0n) is 8.24. The molecule has 0 aliphatic carbocycles. The highest BCUT2D eigenvalue weighted by Crippen LogP contribution is 2.19. The molecule has 0 aromatic carbocycles. The largest absolute Gasteiger partial charge is 0.370 e. The first-order valence-electron chi connectivity index (χ1n) is 4.32. The van der Waals surface area contributed by atoms with E-state index in [9.17, 15) is 4.79 Å². The predicted molar refractivity (Wildman–Crippen MR) is 57.7 cm³/mol. The van der Waals surface area contributed by atoms with Gasteiger partial charge in [-0.15, -0.1) is 0 Å². The molecular weight excluding hydrogens is 218 g/mol. The Hall–Kier alpha value is -1.17. The number of carbonyl (C=O) groups is 1. The number of hydrogen-bond donors (Lipinski definition) is 2. The number of carbonyl (C=O) groups excluding carboxylic acids is 1. The highest BCUT2D eigenvalue weighted by molar-refractivity contribution is 6.33. The summed E-state index contributed by atoms with van der Waals surface area (Å²) in [6.45, 7) is 0.111. The van der Waals surface area contributed by atoms with Crippen LogP contribution in [0, 0.1) is 0 Å². The van der Waals surface area contributed by atoms with Crippen LogP contribution in [-0.2, 0) is 9.53 Å². The predicted octanol–water partition coefficient (Wildman–Crippen LogP) is 0.647.